The van der Waals surface area contributed by atoms with Crippen LogP contribution in [-0.4, -0.2) is 60.9 Å². The third kappa shape index (κ3) is 5.29. The number of nitrogens with one attached hydrogen (secondary N) is 1. The van der Waals surface area contributed by atoms with Gasteiger partial charge in [0.05, 0.1) is 5.56 Å². The molecule has 162 valence electrons. The van der Waals surface area contributed by atoms with E-state index in [-0.39, 0.29) is 5.91 Å². The van der Waals surface area contributed by atoms with E-state index in [4.69, 9.17) is 5.73 Å². The molecule has 2 aromatic heterocycles. The maximum absolute atomic E-state index is 12.5. The van der Waals surface area contributed by atoms with Gasteiger partial charge in [-0.2, -0.15) is 0 Å². The molecule has 4 rings (SSSR count). The summed E-state index contributed by atoms with van der Waals surface area (Å²) in [6.45, 7) is 5.96. The Labute approximate surface area is 186 Å². The van der Waals surface area contributed by atoms with Crippen molar-refractivity contribution in [1.82, 2.24) is 9.80 Å². The van der Waals surface area contributed by atoms with Gasteiger partial charge in [0.15, 0.2) is 0 Å². The number of nitrogens with zero attached hydrogens (tertiary/aromatic N) is 2. The molecule has 8 heteroatoms. The number of aryl methyl sites for hydroxylation is 1. The van der Waals surface area contributed by atoms with Gasteiger partial charge in [-0.1, -0.05) is 6.07 Å². The molecule has 1 saturated heterocycles. The van der Waals surface area contributed by atoms with E-state index in [0.29, 0.717) is 17.0 Å². The molecule has 0 radical (unpaired) electrons. The molecule has 3 N–H and O–H groups in total. The lowest BCUT2D eigenvalue weighted by molar-refractivity contribution is -0.116. The predicted octanol–water partition coefficient (Wildman–Crippen LogP) is 2.98. The van der Waals surface area contributed by atoms with Gasteiger partial charge in [-0.25, -0.2) is 0 Å². The second-order valence-electron chi connectivity index (χ2n) is 8.09. The average molecular weight is 447 g/mol. The summed E-state index contributed by atoms with van der Waals surface area (Å²) in [7, 11) is 0. The number of rotatable bonds is 8. The van der Waals surface area contributed by atoms with Crippen molar-refractivity contribution in [3.63, 3.8) is 0 Å². The highest BCUT2D eigenvalue weighted by molar-refractivity contribution is 7.17. The minimum absolute atomic E-state index is 0.0313. The summed E-state index contributed by atoms with van der Waals surface area (Å²) < 4.78 is 0. The van der Waals surface area contributed by atoms with E-state index in [1.54, 1.807) is 0 Å². The van der Waals surface area contributed by atoms with Crippen LogP contribution in [0.3, 0.4) is 0 Å². The van der Waals surface area contributed by atoms with Crippen LogP contribution in [0.1, 0.15) is 44.9 Å². The number of carbonyl (C=O) groups excluding carboxylic acids is 2. The molecule has 1 fully saturated rings. The second kappa shape index (κ2) is 10.0. The lowest BCUT2D eigenvalue weighted by Gasteiger charge is -2.34. The zero-order chi connectivity index (χ0) is 20.9. The summed E-state index contributed by atoms with van der Waals surface area (Å²) in [5, 5.41) is 5.76. The number of carbonyl (C=O) groups is 2. The Morgan fingerprint density at radius 3 is 2.50 bits per heavy atom. The van der Waals surface area contributed by atoms with Crippen LogP contribution in [0.15, 0.2) is 17.5 Å². The second-order valence-corrected chi connectivity index (χ2v) is 10.2. The Morgan fingerprint density at radius 1 is 1.07 bits per heavy atom. The molecule has 6 nitrogen and oxygen atoms in total. The number of thiophene rings is 2. The van der Waals surface area contributed by atoms with Crippen LogP contribution in [0.4, 0.5) is 5.00 Å². The standard InChI is InChI=1S/C22H30N4O2S2/c23-21(28)20-17-5-1-2-6-18(17)30-22(20)24-19(27)8-10-26-13-11-25(12-14-26)9-7-16-4-3-15-29-16/h3-4,15H,1-2,5-14H2,(H2,23,28)(H,24,27). The van der Waals surface area contributed by atoms with Crippen molar-refractivity contribution in [2.75, 3.05) is 44.6 Å². The molecule has 2 aliphatic rings. The quantitative estimate of drug-likeness (QED) is 0.653. The van der Waals surface area contributed by atoms with E-state index < -0.39 is 5.91 Å². The monoisotopic (exact) mass is 446 g/mol. The number of hydrogen-bond acceptors (Lipinski definition) is 6. The van der Waals surface area contributed by atoms with Crippen molar-refractivity contribution in [1.29, 1.82) is 0 Å². The minimum atomic E-state index is -0.427. The molecule has 3 heterocycles. The van der Waals surface area contributed by atoms with Gasteiger partial charge in [0.25, 0.3) is 5.91 Å². The van der Waals surface area contributed by atoms with Crippen LogP contribution in [0.5, 0.6) is 0 Å². The Bertz CT molecular complexity index is 870. The van der Waals surface area contributed by atoms with E-state index in [1.165, 1.54) is 21.1 Å². The molecule has 0 bridgehead atoms. The zero-order valence-corrected chi connectivity index (χ0v) is 19.0. The predicted molar refractivity (Wildman–Crippen MR) is 124 cm³/mol. The molecule has 0 saturated carbocycles. The summed E-state index contributed by atoms with van der Waals surface area (Å²) >= 11 is 3.36. The highest BCUT2D eigenvalue weighted by Gasteiger charge is 2.25. The summed E-state index contributed by atoms with van der Waals surface area (Å²) in [5.41, 5.74) is 7.23. The van der Waals surface area contributed by atoms with Gasteiger partial charge in [-0.05, 0) is 49.1 Å². The van der Waals surface area contributed by atoms with Crippen LogP contribution >= 0.6 is 22.7 Å². The maximum atomic E-state index is 12.5. The van der Waals surface area contributed by atoms with E-state index >= 15 is 0 Å². The summed E-state index contributed by atoms with van der Waals surface area (Å²) in [6.07, 6.45) is 5.64. The molecule has 2 aromatic rings. The smallest absolute Gasteiger partial charge is 0.251 e. The fourth-order valence-electron chi connectivity index (χ4n) is 4.32. The topological polar surface area (TPSA) is 78.7 Å². The van der Waals surface area contributed by atoms with Gasteiger partial charge in [-0.15, -0.1) is 22.7 Å². The van der Waals surface area contributed by atoms with Crippen molar-refractivity contribution >= 4 is 39.5 Å². The number of fused-ring (bicyclic) bond motifs is 1. The molecule has 0 atom stereocenters. The van der Waals surface area contributed by atoms with Crippen LogP contribution in [0.25, 0.3) is 0 Å². The Morgan fingerprint density at radius 2 is 1.80 bits per heavy atom. The van der Waals surface area contributed by atoms with Crippen molar-refractivity contribution in [2.24, 2.45) is 5.73 Å². The zero-order valence-electron chi connectivity index (χ0n) is 17.3. The molecule has 1 aliphatic heterocycles. The molecule has 0 unspecified atom stereocenters. The van der Waals surface area contributed by atoms with Gasteiger partial charge in [0.1, 0.15) is 5.00 Å². The van der Waals surface area contributed by atoms with Gasteiger partial charge in [0, 0.05) is 55.4 Å². The van der Waals surface area contributed by atoms with Crippen molar-refractivity contribution in [3.05, 3.63) is 38.4 Å². The molecule has 0 spiro atoms. The lowest BCUT2D eigenvalue weighted by Crippen LogP contribution is -2.47. The van der Waals surface area contributed by atoms with Crippen LogP contribution < -0.4 is 11.1 Å². The molecular weight excluding hydrogens is 416 g/mol. The fourth-order valence-corrected chi connectivity index (χ4v) is 6.33. The maximum Gasteiger partial charge on any atom is 0.251 e. The third-order valence-electron chi connectivity index (χ3n) is 6.05. The summed E-state index contributed by atoms with van der Waals surface area (Å²) in [6, 6.07) is 4.31. The third-order valence-corrected chi connectivity index (χ3v) is 8.19. The molecule has 1 aliphatic carbocycles. The van der Waals surface area contributed by atoms with E-state index in [9.17, 15) is 9.59 Å². The molecule has 0 aromatic carbocycles. The Balaban J connectivity index is 1.22. The average Bonchev–Trinajstić information content (AvgIpc) is 3.38. The van der Waals surface area contributed by atoms with Crippen molar-refractivity contribution < 1.29 is 9.59 Å². The first-order chi connectivity index (χ1) is 14.6. The molecule has 2 amide bonds. The van der Waals surface area contributed by atoms with E-state index in [1.807, 2.05) is 11.3 Å². The van der Waals surface area contributed by atoms with Gasteiger partial charge in [0.2, 0.25) is 5.91 Å². The minimum Gasteiger partial charge on any atom is -0.365 e. The first kappa shape index (κ1) is 21.5. The van der Waals surface area contributed by atoms with Crippen LogP contribution in [0.2, 0.25) is 0 Å². The van der Waals surface area contributed by atoms with Gasteiger partial charge < -0.3 is 20.9 Å². The normalized spacial score (nSPS) is 17.6. The molecular formula is C22H30N4O2S2. The van der Waals surface area contributed by atoms with Crippen LogP contribution in [-0.2, 0) is 24.1 Å². The number of nitrogens with two attached hydrogens (primary N) is 1. The lowest BCUT2D eigenvalue weighted by atomic mass is 9.95. The van der Waals surface area contributed by atoms with E-state index in [2.05, 4.69) is 32.6 Å². The number of hydrogen-bond donors (Lipinski definition) is 2. The molecule has 30 heavy (non-hydrogen) atoms. The number of anilines is 1. The van der Waals surface area contributed by atoms with Gasteiger partial charge >= 0.3 is 0 Å². The van der Waals surface area contributed by atoms with Crippen molar-refractivity contribution in [2.45, 2.75) is 38.5 Å². The number of primary amides is 1. The Kier molecular flexibility index (Phi) is 7.20. The highest BCUT2D eigenvalue weighted by atomic mass is 32.1. The summed E-state index contributed by atoms with van der Waals surface area (Å²) in [4.78, 5) is 32.0. The Hall–Kier alpha value is -1.74. The van der Waals surface area contributed by atoms with Gasteiger partial charge in [-0.3, -0.25) is 9.59 Å². The number of piperazine rings is 1. The largest absolute Gasteiger partial charge is 0.365 e. The van der Waals surface area contributed by atoms with Crippen LogP contribution in [0, 0.1) is 0 Å². The first-order valence-corrected chi connectivity index (χ1v) is 12.5. The SMILES string of the molecule is NC(=O)c1c(NC(=O)CCN2CCN(CCc3cccs3)CC2)sc2c1CCCC2. The van der Waals surface area contributed by atoms with E-state index in [0.717, 1.165) is 76.9 Å². The fraction of sp³-hybridized carbons (Fsp3) is 0.545. The first-order valence-electron chi connectivity index (χ1n) is 10.8. The summed E-state index contributed by atoms with van der Waals surface area (Å²) in [5.74, 6) is -0.459. The number of amides is 2. The van der Waals surface area contributed by atoms with Crippen molar-refractivity contribution in [3.8, 4) is 0 Å². The highest BCUT2D eigenvalue weighted by Crippen LogP contribution is 2.37.